The predicted molar refractivity (Wildman–Crippen MR) is 96.0 cm³/mol. The molecule has 0 aliphatic heterocycles. The van der Waals surface area contributed by atoms with Crippen molar-refractivity contribution in [1.29, 1.82) is 0 Å². The molecule has 0 saturated heterocycles. The van der Waals surface area contributed by atoms with E-state index in [9.17, 15) is 9.18 Å². The molecular formula is C19H21FN2OS. The summed E-state index contributed by atoms with van der Waals surface area (Å²) in [6.07, 6.45) is 2.32. The fourth-order valence-electron chi connectivity index (χ4n) is 2.72. The van der Waals surface area contributed by atoms with Gasteiger partial charge in [0.2, 0.25) is 5.91 Å². The van der Waals surface area contributed by atoms with Crippen molar-refractivity contribution in [2.24, 2.45) is 11.0 Å². The highest BCUT2D eigenvalue weighted by Gasteiger charge is 2.43. The van der Waals surface area contributed by atoms with Gasteiger partial charge in [0.15, 0.2) is 5.13 Å². The summed E-state index contributed by atoms with van der Waals surface area (Å²) in [4.78, 5) is 12.8. The van der Waals surface area contributed by atoms with Crippen LogP contribution in [0.2, 0.25) is 0 Å². The third kappa shape index (κ3) is 3.90. The number of halogens is 1. The first kappa shape index (κ1) is 16.8. The fraction of sp³-hybridized carbons (Fsp3) is 0.368. The molecule has 1 aromatic heterocycles. The molecule has 3 rings (SSSR count). The highest BCUT2D eigenvalue weighted by molar-refractivity contribution is 7.12. The lowest BCUT2D eigenvalue weighted by molar-refractivity contribution is -0.122. The second-order valence-electron chi connectivity index (χ2n) is 7.20. The molecule has 0 spiro atoms. The van der Waals surface area contributed by atoms with Crippen molar-refractivity contribution in [3.63, 3.8) is 0 Å². The lowest BCUT2D eigenvalue weighted by atomic mass is 9.86. The van der Waals surface area contributed by atoms with Gasteiger partial charge in [-0.05, 0) is 41.0 Å². The summed E-state index contributed by atoms with van der Waals surface area (Å²) in [6, 6.07) is 11.5. The van der Waals surface area contributed by atoms with Crippen LogP contribution >= 0.6 is 11.3 Å². The Kier molecular flexibility index (Phi) is 4.54. The maximum Gasteiger partial charge on any atom is 0.243 e. The van der Waals surface area contributed by atoms with E-state index in [1.807, 2.05) is 0 Å². The third-order valence-corrected chi connectivity index (χ3v) is 5.10. The van der Waals surface area contributed by atoms with Crippen LogP contribution in [0.25, 0.3) is 0 Å². The molecule has 5 heteroatoms. The third-order valence-electron chi connectivity index (χ3n) is 4.29. The number of hydrazone groups is 1. The Morgan fingerprint density at radius 1 is 1.25 bits per heavy atom. The van der Waals surface area contributed by atoms with Crippen molar-refractivity contribution >= 4 is 23.5 Å². The average Bonchev–Trinajstić information content (AvgIpc) is 3.23. The number of rotatable bonds is 4. The quantitative estimate of drug-likeness (QED) is 0.646. The molecule has 1 saturated carbocycles. The molecular weight excluding hydrogens is 323 g/mol. The molecule has 24 heavy (non-hydrogen) atoms. The van der Waals surface area contributed by atoms with E-state index in [4.69, 9.17) is 0 Å². The molecule has 1 fully saturated rings. The van der Waals surface area contributed by atoms with E-state index in [1.165, 1.54) is 23.4 Å². The van der Waals surface area contributed by atoms with Crippen LogP contribution in [0.5, 0.6) is 0 Å². The SMILES string of the molecule is CC(C)(C)c1ccc([C@@H]2C[C@H]2C(=O)N/N=C\c2ccc(F)s2)cc1. The van der Waals surface area contributed by atoms with Crippen LogP contribution in [-0.2, 0) is 10.2 Å². The van der Waals surface area contributed by atoms with Gasteiger partial charge in [0, 0.05) is 5.92 Å². The number of amides is 1. The summed E-state index contributed by atoms with van der Waals surface area (Å²) >= 11 is 0.997. The van der Waals surface area contributed by atoms with Crippen LogP contribution in [0.1, 0.15) is 49.1 Å². The van der Waals surface area contributed by atoms with Crippen LogP contribution in [0, 0.1) is 11.0 Å². The monoisotopic (exact) mass is 344 g/mol. The van der Waals surface area contributed by atoms with Crippen molar-refractivity contribution < 1.29 is 9.18 Å². The standard InChI is InChI=1S/C19H21FN2OS/c1-19(2,3)13-6-4-12(5-7-13)15-10-16(15)18(23)22-21-11-14-8-9-17(20)24-14/h4-9,11,15-16H,10H2,1-3H3,(H,22,23)/b21-11-/t15-,16+/m0/s1. The first-order valence-corrected chi connectivity index (χ1v) is 8.85. The number of thiophene rings is 1. The summed E-state index contributed by atoms with van der Waals surface area (Å²) in [5, 5.41) is 3.65. The molecule has 0 radical (unpaired) electrons. The van der Waals surface area contributed by atoms with Crippen LogP contribution in [0.4, 0.5) is 4.39 Å². The summed E-state index contributed by atoms with van der Waals surface area (Å²) in [5.74, 6) is 0.171. The molecule has 1 N–H and O–H groups in total. The van der Waals surface area contributed by atoms with Gasteiger partial charge in [-0.15, -0.1) is 11.3 Å². The Morgan fingerprint density at radius 3 is 2.54 bits per heavy atom. The average molecular weight is 344 g/mol. The second-order valence-corrected chi connectivity index (χ2v) is 8.26. The maximum absolute atomic E-state index is 12.9. The number of carbonyl (C=O) groups excluding carboxylic acids is 1. The Hall–Kier alpha value is -2.01. The first-order chi connectivity index (χ1) is 11.3. The summed E-state index contributed by atoms with van der Waals surface area (Å²) < 4.78 is 12.9. The van der Waals surface area contributed by atoms with Crippen LogP contribution in [0.15, 0.2) is 41.5 Å². The maximum atomic E-state index is 12.9. The van der Waals surface area contributed by atoms with E-state index >= 15 is 0 Å². The van der Waals surface area contributed by atoms with Crippen molar-refractivity contribution in [3.05, 3.63) is 57.5 Å². The molecule has 0 bridgehead atoms. The molecule has 126 valence electrons. The molecule has 1 aliphatic rings. The lowest BCUT2D eigenvalue weighted by Gasteiger charge is -2.19. The van der Waals surface area contributed by atoms with Gasteiger partial charge in [-0.25, -0.2) is 5.43 Å². The van der Waals surface area contributed by atoms with E-state index < -0.39 is 0 Å². The lowest BCUT2D eigenvalue weighted by Crippen LogP contribution is -2.20. The van der Waals surface area contributed by atoms with Gasteiger partial charge in [0.05, 0.1) is 11.1 Å². The van der Waals surface area contributed by atoms with Crippen molar-refractivity contribution in [1.82, 2.24) is 5.43 Å². The van der Waals surface area contributed by atoms with E-state index in [0.29, 0.717) is 4.88 Å². The van der Waals surface area contributed by atoms with Gasteiger partial charge >= 0.3 is 0 Å². The number of carbonyl (C=O) groups is 1. The zero-order valence-corrected chi connectivity index (χ0v) is 14.9. The number of hydrogen-bond acceptors (Lipinski definition) is 3. The minimum Gasteiger partial charge on any atom is -0.273 e. The predicted octanol–water partition coefficient (Wildman–Crippen LogP) is 4.44. The van der Waals surface area contributed by atoms with Gasteiger partial charge in [-0.3, -0.25) is 4.79 Å². The van der Waals surface area contributed by atoms with Crippen molar-refractivity contribution in [3.8, 4) is 0 Å². The second kappa shape index (κ2) is 6.48. The molecule has 1 aliphatic carbocycles. The van der Waals surface area contributed by atoms with Gasteiger partial charge in [0.1, 0.15) is 0 Å². The highest BCUT2D eigenvalue weighted by atomic mass is 32.1. The Balaban J connectivity index is 1.54. The minimum absolute atomic E-state index is 0.0253. The zero-order valence-electron chi connectivity index (χ0n) is 14.0. The largest absolute Gasteiger partial charge is 0.273 e. The van der Waals surface area contributed by atoms with Crippen LogP contribution in [-0.4, -0.2) is 12.1 Å². The van der Waals surface area contributed by atoms with Crippen molar-refractivity contribution in [2.45, 2.75) is 38.5 Å². The van der Waals surface area contributed by atoms with E-state index in [1.54, 1.807) is 6.07 Å². The van der Waals surface area contributed by atoms with Crippen LogP contribution < -0.4 is 5.43 Å². The number of nitrogens with zero attached hydrogens (tertiary/aromatic N) is 1. The summed E-state index contributed by atoms with van der Waals surface area (Å²) in [5.41, 5.74) is 5.18. The molecule has 2 atom stereocenters. The molecule has 2 aromatic rings. The molecule has 0 unspecified atom stereocenters. The first-order valence-electron chi connectivity index (χ1n) is 8.03. The summed E-state index contributed by atoms with van der Waals surface area (Å²) in [6.45, 7) is 6.56. The van der Waals surface area contributed by atoms with Gasteiger partial charge < -0.3 is 0 Å². The van der Waals surface area contributed by atoms with E-state index in [2.05, 4.69) is 55.6 Å². The van der Waals surface area contributed by atoms with Crippen molar-refractivity contribution in [2.75, 3.05) is 0 Å². The van der Waals surface area contributed by atoms with E-state index in [-0.39, 0.29) is 28.3 Å². The topological polar surface area (TPSA) is 41.5 Å². The number of nitrogens with one attached hydrogen (secondary N) is 1. The van der Waals surface area contributed by atoms with Gasteiger partial charge in [-0.2, -0.15) is 9.49 Å². The fourth-order valence-corrected chi connectivity index (χ4v) is 3.33. The summed E-state index contributed by atoms with van der Waals surface area (Å²) in [7, 11) is 0. The molecule has 1 heterocycles. The van der Waals surface area contributed by atoms with Crippen LogP contribution in [0.3, 0.4) is 0 Å². The smallest absolute Gasteiger partial charge is 0.243 e. The number of benzene rings is 1. The minimum atomic E-state index is -0.260. The molecule has 1 aromatic carbocycles. The Labute approximate surface area is 145 Å². The molecule has 3 nitrogen and oxygen atoms in total. The Morgan fingerprint density at radius 2 is 1.96 bits per heavy atom. The van der Waals surface area contributed by atoms with E-state index in [0.717, 1.165) is 17.8 Å². The number of hydrogen-bond donors (Lipinski definition) is 1. The van der Waals surface area contributed by atoms with Gasteiger partial charge in [-0.1, -0.05) is 45.0 Å². The highest BCUT2D eigenvalue weighted by Crippen LogP contribution is 2.47. The normalized spacial score (nSPS) is 20.3. The zero-order chi connectivity index (χ0) is 17.3. The van der Waals surface area contributed by atoms with Gasteiger partial charge in [0.25, 0.3) is 0 Å². The Bertz CT molecular complexity index is 758. The molecule has 1 amide bonds.